The van der Waals surface area contributed by atoms with E-state index in [9.17, 15) is 0 Å². The molecule has 19 heavy (non-hydrogen) atoms. The molecule has 0 radical (unpaired) electrons. The van der Waals surface area contributed by atoms with E-state index in [1.807, 2.05) is 37.5 Å². The number of anilines is 1. The standard InChI is InChI=1S/C14H14ClN3S/c1-18(9-10-3-2-6-17-8-10)13-7-11(15)4-5-12(13)14(16)19/h2-8H,9H2,1H3,(H2,16,19). The van der Waals surface area contributed by atoms with Crippen molar-refractivity contribution in [2.75, 3.05) is 11.9 Å². The zero-order valence-corrected chi connectivity index (χ0v) is 12.1. The highest BCUT2D eigenvalue weighted by Gasteiger charge is 2.11. The number of halogens is 1. The number of hydrogen-bond donors (Lipinski definition) is 1. The average Bonchev–Trinajstić information content (AvgIpc) is 2.39. The van der Waals surface area contributed by atoms with Gasteiger partial charge in [-0.05, 0) is 29.8 Å². The van der Waals surface area contributed by atoms with Gasteiger partial charge in [-0.1, -0.05) is 29.9 Å². The van der Waals surface area contributed by atoms with E-state index in [1.165, 1.54) is 0 Å². The first-order valence-corrected chi connectivity index (χ1v) is 6.56. The van der Waals surface area contributed by atoms with Crippen LogP contribution in [0.25, 0.3) is 0 Å². The predicted octanol–water partition coefficient (Wildman–Crippen LogP) is 3.01. The van der Waals surface area contributed by atoms with Crippen LogP contribution in [0, 0.1) is 0 Å². The normalized spacial score (nSPS) is 10.2. The van der Waals surface area contributed by atoms with Gasteiger partial charge < -0.3 is 10.6 Å². The molecule has 3 nitrogen and oxygen atoms in total. The molecule has 0 amide bonds. The first kappa shape index (κ1) is 13.8. The third-order valence-corrected chi connectivity index (χ3v) is 3.23. The summed E-state index contributed by atoms with van der Waals surface area (Å²) in [6.45, 7) is 0.712. The lowest BCUT2D eigenvalue weighted by molar-refractivity contribution is 0.914. The molecule has 0 unspecified atom stereocenters. The number of rotatable bonds is 4. The molecule has 0 fully saturated rings. The molecule has 0 bridgehead atoms. The van der Waals surface area contributed by atoms with Crippen LogP contribution in [0.2, 0.25) is 5.02 Å². The molecule has 0 saturated heterocycles. The zero-order valence-electron chi connectivity index (χ0n) is 10.5. The molecular formula is C14H14ClN3S. The summed E-state index contributed by atoms with van der Waals surface area (Å²) in [4.78, 5) is 6.52. The van der Waals surface area contributed by atoms with Gasteiger partial charge >= 0.3 is 0 Å². The lowest BCUT2D eigenvalue weighted by atomic mass is 10.1. The Morgan fingerprint density at radius 1 is 1.42 bits per heavy atom. The molecule has 2 aromatic rings. The Labute approximate surface area is 123 Å². The molecule has 1 aromatic carbocycles. The molecule has 0 aliphatic rings. The van der Waals surface area contributed by atoms with Gasteiger partial charge in [-0.15, -0.1) is 0 Å². The molecule has 0 aliphatic heterocycles. The number of benzene rings is 1. The molecule has 0 aliphatic carbocycles. The Hall–Kier alpha value is -1.65. The largest absolute Gasteiger partial charge is 0.389 e. The van der Waals surface area contributed by atoms with E-state index in [2.05, 4.69) is 9.88 Å². The zero-order chi connectivity index (χ0) is 13.8. The maximum Gasteiger partial charge on any atom is 0.106 e. The van der Waals surface area contributed by atoms with E-state index >= 15 is 0 Å². The van der Waals surface area contributed by atoms with Crippen molar-refractivity contribution in [2.24, 2.45) is 5.73 Å². The monoisotopic (exact) mass is 291 g/mol. The summed E-state index contributed by atoms with van der Waals surface area (Å²) in [6, 6.07) is 9.44. The van der Waals surface area contributed by atoms with E-state index < -0.39 is 0 Å². The molecule has 2 N–H and O–H groups in total. The Kier molecular flexibility index (Phi) is 4.35. The lowest BCUT2D eigenvalue weighted by Gasteiger charge is -2.22. The van der Waals surface area contributed by atoms with Crippen molar-refractivity contribution in [1.29, 1.82) is 0 Å². The average molecular weight is 292 g/mol. The van der Waals surface area contributed by atoms with Crippen LogP contribution in [0.1, 0.15) is 11.1 Å². The summed E-state index contributed by atoms with van der Waals surface area (Å²) in [5, 5.41) is 0.660. The van der Waals surface area contributed by atoms with Crippen LogP contribution in [0.5, 0.6) is 0 Å². The van der Waals surface area contributed by atoms with Crippen molar-refractivity contribution in [3.05, 3.63) is 58.9 Å². The maximum absolute atomic E-state index is 6.05. The van der Waals surface area contributed by atoms with Gasteiger partial charge in [0.2, 0.25) is 0 Å². The van der Waals surface area contributed by atoms with Gasteiger partial charge in [0, 0.05) is 42.3 Å². The minimum atomic E-state index is 0.365. The second kappa shape index (κ2) is 5.99. The summed E-state index contributed by atoms with van der Waals surface area (Å²) in [5.41, 5.74) is 8.60. The van der Waals surface area contributed by atoms with Crippen LogP contribution < -0.4 is 10.6 Å². The molecule has 2 rings (SSSR count). The minimum Gasteiger partial charge on any atom is -0.389 e. The Morgan fingerprint density at radius 3 is 2.84 bits per heavy atom. The second-order valence-electron chi connectivity index (χ2n) is 4.24. The van der Waals surface area contributed by atoms with E-state index in [1.54, 1.807) is 12.3 Å². The van der Waals surface area contributed by atoms with E-state index in [0.29, 0.717) is 16.6 Å². The van der Waals surface area contributed by atoms with Gasteiger partial charge in [0.05, 0.1) is 0 Å². The quantitative estimate of drug-likeness (QED) is 0.880. The summed E-state index contributed by atoms with van der Waals surface area (Å²) < 4.78 is 0. The van der Waals surface area contributed by atoms with Crippen LogP contribution in [0.3, 0.4) is 0 Å². The highest BCUT2D eigenvalue weighted by Crippen LogP contribution is 2.25. The first-order chi connectivity index (χ1) is 9.08. The van der Waals surface area contributed by atoms with Crippen molar-refractivity contribution >= 4 is 34.5 Å². The van der Waals surface area contributed by atoms with Gasteiger partial charge in [-0.3, -0.25) is 4.98 Å². The van der Waals surface area contributed by atoms with Crippen molar-refractivity contribution in [1.82, 2.24) is 4.98 Å². The maximum atomic E-state index is 6.05. The minimum absolute atomic E-state index is 0.365. The van der Waals surface area contributed by atoms with E-state index in [-0.39, 0.29) is 0 Å². The Bertz CT molecular complexity index is 586. The third kappa shape index (κ3) is 3.43. The van der Waals surface area contributed by atoms with Crippen LogP contribution in [0.15, 0.2) is 42.7 Å². The highest BCUT2D eigenvalue weighted by atomic mass is 35.5. The second-order valence-corrected chi connectivity index (χ2v) is 5.12. The van der Waals surface area contributed by atoms with Crippen molar-refractivity contribution in [2.45, 2.75) is 6.54 Å². The van der Waals surface area contributed by atoms with E-state index in [0.717, 1.165) is 16.8 Å². The number of pyridine rings is 1. The Balaban J connectivity index is 2.30. The fraction of sp³-hybridized carbons (Fsp3) is 0.143. The smallest absolute Gasteiger partial charge is 0.106 e. The highest BCUT2D eigenvalue weighted by molar-refractivity contribution is 7.80. The molecule has 5 heteroatoms. The lowest BCUT2D eigenvalue weighted by Crippen LogP contribution is -2.21. The van der Waals surface area contributed by atoms with Crippen LogP contribution in [-0.4, -0.2) is 17.0 Å². The number of nitrogens with two attached hydrogens (primary N) is 1. The Morgan fingerprint density at radius 2 is 2.21 bits per heavy atom. The van der Waals surface area contributed by atoms with Gasteiger partial charge in [0.25, 0.3) is 0 Å². The van der Waals surface area contributed by atoms with Crippen molar-refractivity contribution < 1.29 is 0 Å². The molecule has 98 valence electrons. The number of nitrogens with zero attached hydrogens (tertiary/aromatic N) is 2. The van der Waals surface area contributed by atoms with Crippen molar-refractivity contribution in [3.63, 3.8) is 0 Å². The summed E-state index contributed by atoms with van der Waals surface area (Å²) >= 11 is 11.1. The summed E-state index contributed by atoms with van der Waals surface area (Å²) in [5.74, 6) is 0. The van der Waals surface area contributed by atoms with Gasteiger partial charge in [0.15, 0.2) is 0 Å². The molecule has 0 atom stereocenters. The number of hydrogen-bond acceptors (Lipinski definition) is 3. The number of thiocarbonyl (C=S) groups is 1. The third-order valence-electron chi connectivity index (χ3n) is 2.78. The van der Waals surface area contributed by atoms with Gasteiger partial charge in [-0.2, -0.15) is 0 Å². The molecule has 0 saturated carbocycles. The van der Waals surface area contributed by atoms with Gasteiger partial charge in [-0.25, -0.2) is 0 Å². The van der Waals surface area contributed by atoms with Gasteiger partial charge in [0.1, 0.15) is 4.99 Å². The van der Waals surface area contributed by atoms with E-state index in [4.69, 9.17) is 29.6 Å². The number of aromatic nitrogens is 1. The topological polar surface area (TPSA) is 42.2 Å². The fourth-order valence-electron chi connectivity index (χ4n) is 1.88. The predicted molar refractivity (Wildman–Crippen MR) is 83.7 cm³/mol. The van der Waals surface area contributed by atoms with Crippen LogP contribution >= 0.6 is 23.8 Å². The van der Waals surface area contributed by atoms with Crippen molar-refractivity contribution in [3.8, 4) is 0 Å². The van der Waals surface area contributed by atoms with Crippen LogP contribution in [0.4, 0.5) is 5.69 Å². The van der Waals surface area contributed by atoms with Crippen LogP contribution in [-0.2, 0) is 6.54 Å². The molecular weight excluding hydrogens is 278 g/mol. The fourth-order valence-corrected chi connectivity index (χ4v) is 2.22. The molecule has 1 aromatic heterocycles. The SMILES string of the molecule is CN(Cc1cccnc1)c1cc(Cl)ccc1C(N)=S. The molecule has 0 spiro atoms. The summed E-state index contributed by atoms with van der Waals surface area (Å²) in [7, 11) is 1.97. The first-order valence-electron chi connectivity index (χ1n) is 5.77. The summed E-state index contributed by atoms with van der Waals surface area (Å²) in [6.07, 6.45) is 3.59. The molecule has 1 heterocycles.